The van der Waals surface area contributed by atoms with Crippen LogP contribution in [0.2, 0.25) is 0 Å². The van der Waals surface area contributed by atoms with Crippen molar-refractivity contribution in [2.75, 3.05) is 6.61 Å². The van der Waals surface area contributed by atoms with Gasteiger partial charge >= 0.3 is 0 Å². The Morgan fingerprint density at radius 2 is 1.86 bits per heavy atom. The predicted octanol–water partition coefficient (Wildman–Crippen LogP) is 4.91. The number of hydrogen-bond donors (Lipinski definition) is 0. The molecule has 0 aliphatic heterocycles. The molecule has 28 heavy (non-hydrogen) atoms. The lowest BCUT2D eigenvalue weighted by molar-refractivity contribution is -0.135. The second-order valence-electron chi connectivity index (χ2n) is 7.55. The number of rotatable bonds is 8. The fourth-order valence-corrected chi connectivity index (χ4v) is 3.28. The first kappa shape index (κ1) is 18.4. The second-order valence-corrected chi connectivity index (χ2v) is 7.55. The number of carbonyl (C=O) groups excluding carboxylic acids is 1. The van der Waals surface area contributed by atoms with Gasteiger partial charge in [-0.1, -0.05) is 24.6 Å². The Labute approximate surface area is 164 Å². The molecule has 1 aliphatic rings. The summed E-state index contributed by atoms with van der Waals surface area (Å²) in [7, 11) is 0. The molecule has 0 saturated heterocycles. The zero-order valence-corrected chi connectivity index (χ0v) is 16.3. The fourth-order valence-electron chi connectivity index (χ4n) is 3.28. The van der Waals surface area contributed by atoms with Crippen molar-refractivity contribution in [3.63, 3.8) is 0 Å². The number of carbonyl (C=O) groups is 1. The van der Waals surface area contributed by atoms with Crippen LogP contribution in [0.25, 0.3) is 0 Å². The minimum Gasteiger partial charge on any atom is -0.484 e. The van der Waals surface area contributed by atoms with Crippen LogP contribution in [-0.2, 0) is 17.9 Å². The van der Waals surface area contributed by atoms with Gasteiger partial charge in [-0.25, -0.2) is 0 Å². The van der Waals surface area contributed by atoms with E-state index >= 15 is 0 Å². The highest BCUT2D eigenvalue weighted by Crippen LogP contribution is 2.47. The molecule has 2 heterocycles. The third-order valence-corrected chi connectivity index (χ3v) is 5.17. The molecule has 1 aromatic carbocycles. The maximum atomic E-state index is 12.8. The maximum absolute atomic E-state index is 12.8. The average molecular weight is 379 g/mol. The van der Waals surface area contributed by atoms with E-state index in [4.69, 9.17) is 13.6 Å². The molecule has 1 saturated carbocycles. The first-order valence-electron chi connectivity index (χ1n) is 9.66. The van der Waals surface area contributed by atoms with Crippen molar-refractivity contribution >= 4 is 5.91 Å². The van der Waals surface area contributed by atoms with Crippen molar-refractivity contribution in [3.05, 3.63) is 77.6 Å². The number of amides is 1. The van der Waals surface area contributed by atoms with Gasteiger partial charge in [-0.05, 0) is 55.7 Å². The number of hydrogen-bond acceptors (Lipinski definition) is 4. The maximum Gasteiger partial charge on any atom is 0.261 e. The molecule has 146 valence electrons. The third-order valence-electron chi connectivity index (χ3n) is 5.17. The number of nitrogens with zero attached hydrogens (tertiary/aromatic N) is 1. The summed E-state index contributed by atoms with van der Waals surface area (Å²) in [5, 5.41) is 0. The normalized spacial score (nSPS) is 18.1. The van der Waals surface area contributed by atoms with Crippen LogP contribution in [0, 0.1) is 12.8 Å². The molecule has 0 spiro atoms. The Morgan fingerprint density at radius 1 is 1.11 bits per heavy atom. The molecule has 3 aromatic rings. The Hall–Kier alpha value is -2.95. The topological polar surface area (TPSA) is 55.8 Å². The van der Waals surface area contributed by atoms with Gasteiger partial charge in [0, 0.05) is 5.92 Å². The smallest absolute Gasteiger partial charge is 0.261 e. The van der Waals surface area contributed by atoms with E-state index in [0.29, 0.717) is 30.7 Å². The molecule has 1 amide bonds. The lowest BCUT2D eigenvalue weighted by atomic mass is 10.2. The van der Waals surface area contributed by atoms with Crippen LogP contribution in [-0.4, -0.2) is 17.4 Å². The molecule has 0 N–H and O–H groups in total. The van der Waals surface area contributed by atoms with E-state index in [1.165, 1.54) is 6.42 Å². The molecule has 2 atom stereocenters. The lowest BCUT2D eigenvalue weighted by Gasteiger charge is -2.21. The zero-order chi connectivity index (χ0) is 19.5. The predicted molar refractivity (Wildman–Crippen MR) is 105 cm³/mol. The van der Waals surface area contributed by atoms with E-state index in [2.05, 4.69) is 6.92 Å². The third kappa shape index (κ3) is 4.47. The summed E-state index contributed by atoms with van der Waals surface area (Å²) < 4.78 is 17.1. The van der Waals surface area contributed by atoms with Crippen LogP contribution in [0.3, 0.4) is 0 Å². The average Bonchev–Trinajstić information content (AvgIpc) is 3.08. The van der Waals surface area contributed by atoms with Crippen LogP contribution in [0.15, 0.2) is 63.6 Å². The fraction of sp³-hybridized carbons (Fsp3) is 0.348. The van der Waals surface area contributed by atoms with Gasteiger partial charge in [0.1, 0.15) is 23.0 Å². The number of benzene rings is 1. The molecular weight excluding hydrogens is 354 g/mol. The van der Waals surface area contributed by atoms with Gasteiger partial charge in [0.05, 0.1) is 19.4 Å². The van der Waals surface area contributed by atoms with Gasteiger partial charge < -0.3 is 18.5 Å². The van der Waals surface area contributed by atoms with Gasteiger partial charge in [0.25, 0.3) is 5.91 Å². The van der Waals surface area contributed by atoms with E-state index < -0.39 is 0 Å². The SMILES string of the molecule is Cc1ccc(OCC(=O)N(Cc2ccco2)Cc2ccc(C3CC3C)o2)cc1. The number of aryl methyl sites for hydroxylation is 1. The summed E-state index contributed by atoms with van der Waals surface area (Å²) in [5.41, 5.74) is 1.15. The summed E-state index contributed by atoms with van der Waals surface area (Å²) in [6.45, 7) is 4.97. The van der Waals surface area contributed by atoms with Crippen molar-refractivity contribution in [1.29, 1.82) is 0 Å². The van der Waals surface area contributed by atoms with Gasteiger partial charge in [-0.15, -0.1) is 0 Å². The first-order chi connectivity index (χ1) is 13.6. The van der Waals surface area contributed by atoms with Crippen molar-refractivity contribution in [2.45, 2.75) is 39.3 Å². The van der Waals surface area contributed by atoms with Crippen LogP contribution in [0.5, 0.6) is 5.75 Å². The monoisotopic (exact) mass is 379 g/mol. The molecule has 0 radical (unpaired) electrons. The second kappa shape index (κ2) is 7.97. The van der Waals surface area contributed by atoms with E-state index in [0.717, 1.165) is 22.8 Å². The molecule has 4 rings (SSSR count). The van der Waals surface area contributed by atoms with E-state index in [1.54, 1.807) is 11.2 Å². The molecule has 0 bridgehead atoms. The summed E-state index contributed by atoms with van der Waals surface area (Å²) in [5.74, 6) is 4.30. The van der Waals surface area contributed by atoms with E-state index in [1.807, 2.05) is 55.5 Å². The van der Waals surface area contributed by atoms with Crippen molar-refractivity contribution in [3.8, 4) is 5.75 Å². The van der Waals surface area contributed by atoms with E-state index in [9.17, 15) is 4.79 Å². The van der Waals surface area contributed by atoms with E-state index in [-0.39, 0.29) is 12.5 Å². The lowest BCUT2D eigenvalue weighted by Crippen LogP contribution is -2.33. The molecule has 5 nitrogen and oxygen atoms in total. The van der Waals surface area contributed by atoms with Gasteiger partial charge in [-0.2, -0.15) is 0 Å². The first-order valence-corrected chi connectivity index (χ1v) is 9.66. The Bertz CT molecular complexity index is 910. The van der Waals surface area contributed by atoms with Crippen molar-refractivity contribution in [1.82, 2.24) is 4.90 Å². The molecule has 5 heteroatoms. The number of ether oxygens (including phenoxy) is 1. The van der Waals surface area contributed by atoms with Crippen LogP contribution < -0.4 is 4.74 Å². The standard InChI is InChI=1S/C23H25NO4/c1-16-5-7-18(8-6-16)27-15-23(25)24(13-19-4-3-11-26-19)14-20-9-10-22(28-20)21-12-17(21)2/h3-11,17,21H,12-15H2,1-2H3. The summed E-state index contributed by atoms with van der Waals surface area (Å²) in [4.78, 5) is 14.5. The Morgan fingerprint density at radius 3 is 2.54 bits per heavy atom. The molecule has 1 fully saturated rings. The quantitative estimate of drug-likeness (QED) is 0.558. The van der Waals surface area contributed by atoms with Crippen LogP contribution in [0.4, 0.5) is 0 Å². The minimum atomic E-state index is -0.116. The van der Waals surface area contributed by atoms with Crippen molar-refractivity contribution in [2.24, 2.45) is 5.92 Å². The minimum absolute atomic E-state index is 0.0308. The number of furan rings is 2. The van der Waals surface area contributed by atoms with Gasteiger partial charge in [0.2, 0.25) is 0 Å². The summed E-state index contributed by atoms with van der Waals surface area (Å²) >= 11 is 0. The molecule has 1 aliphatic carbocycles. The highest BCUT2D eigenvalue weighted by atomic mass is 16.5. The highest BCUT2D eigenvalue weighted by molar-refractivity contribution is 5.77. The van der Waals surface area contributed by atoms with Crippen LogP contribution in [0.1, 0.15) is 42.1 Å². The summed E-state index contributed by atoms with van der Waals surface area (Å²) in [6, 6.07) is 15.3. The van der Waals surface area contributed by atoms with Crippen molar-refractivity contribution < 1.29 is 18.4 Å². The zero-order valence-electron chi connectivity index (χ0n) is 16.3. The van der Waals surface area contributed by atoms with Gasteiger partial charge in [-0.3, -0.25) is 4.79 Å². The molecule has 2 aromatic heterocycles. The van der Waals surface area contributed by atoms with Gasteiger partial charge in [0.15, 0.2) is 6.61 Å². The largest absolute Gasteiger partial charge is 0.484 e. The highest BCUT2D eigenvalue weighted by Gasteiger charge is 2.36. The Balaban J connectivity index is 1.42. The molecule has 2 unspecified atom stereocenters. The molecular formula is C23H25NO4. The Kier molecular flexibility index (Phi) is 5.24. The summed E-state index contributed by atoms with van der Waals surface area (Å²) in [6.07, 6.45) is 2.78. The van der Waals surface area contributed by atoms with Crippen LogP contribution >= 0.6 is 0 Å².